The molecule has 1 N–H and O–H groups in total. The second-order valence-electron chi connectivity index (χ2n) is 5.37. The zero-order valence-corrected chi connectivity index (χ0v) is 12.2. The number of nitrogens with one attached hydrogen (secondary N) is 1. The van der Waals surface area contributed by atoms with E-state index in [2.05, 4.69) is 5.32 Å². The zero-order chi connectivity index (χ0) is 16.3. The van der Waals surface area contributed by atoms with Gasteiger partial charge in [0.05, 0.1) is 5.56 Å². The summed E-state index contributed by atoms with van der Waals surface area (Å²) in [5.74, 6) is -1.61. The smallest absolute Gasteiger partial charge is 0.334 e. The lowest BCUT2D eigenvalue weighted by Gasteiger charge is -2.28. The minimum absolute atomic E-state index is 0.0648. The van der Waals surface area contributed by atoms with Crippen molar-refractivity contribution in [2.75, 3.05) is 19.6 Å². The predicted octanol–water partition coefficient (Wildman–Crippen LogP) is 3.06. The lowest BCUT2D eigenvalue weighted by atomic mass is 10.1. The van der Waals surface area contributed by atoms with Crippen LogP contribution in [0.15, 0.2) is 18.2 Å². The van der Waals surface area contributed by atoms with Crippen LogP contribution in [-0.2, 0) is 6.18 Å². The Balaban J connectivity index is 2.31. The molecule has 1 amide bonds. The molecule has 0 radical (unpaired) electrons. The normalized spacial score (nSPS) is 18.5. The molecule has 122 valence electrons. The molecule has 1 aliphatic rings. The number of carbonyl (C=O) groups excluding carboxylic acids is 1. The fourth-order valence-corrected chi connectivity index (χ4v) is 2.64. The quantitative estimate of drug-likeness (QED) is 0.866. The fourth-order valence-electron chi connectivity index (χ4n) is 2.64. The Morgan fingerprint density at radius 2 is 2.09 bits per heavy atom. The van der Waals surface area contributed by atoms with Gasteiger partial charge in [-0.05, 0) is 37.6 Å². The summed E-state index contributed by atoms with van der Waals surface area (Å²) in [6.45, 7) is 3.68. The molecule has 1 aromatic carbocycles. The molecule has 1 heterocycles. The molecule has 3 nitrogen and oxygen atoms in total. The first-order valence-electron chi connectivity index (χ1n) is 7.22. The van der Waals surface area contributed by atoms with Crippen molar-refractivity contribution in [3.8, 4) is 0 Å². The van der Waals surface area contributed by atoms with E-state index < -0.39 is 23.5 Å². The second-order valence-corrected chi connectivity index (χ2v) is 5.37. The van der Waals surface area contributed by atoms with Gasteiger partial charge < -0.3 is 10.2 Å². The number of hydrogen-bond acceptors (Lipinski definition) is 2. The number of carbonyl (C=O) groups is 1. The van der Waals surface area contributed by atoms with Crippen LogP contribution in [0.5, 0.6) is 0 Å². The van der Waals surface area contributed by atoms with Crippen LogP contribution in [0.1, 0.15) is 35.7 Å². The highest BCUT2D eigenvalue weighted by Crippen LogP contribution is 2.31. The Hall–Kier alpha value is -1.63. The van der Waals surface area contributed by atoms with E-state index in [1.807, 2.05) is 6.92 Å². The minimum Gasteiger partial charge on any atom is -0.334 e. The first-order valence-corrected chi connectivity index (χ1v) is 7.22. The summed E-state index contributed by atoms with van der Waals surface area (Å²) in [5.41, 5.74) is -1.40. The first kappa shape index (κ1) is 16.7. The number of amides is 1. The van der Waals surface area contributed by atoms with Crippen LogP contribution in [0, 0.1) is 5.82 Å². The van der Waals surface area contributed by atoms with Gasteiger partial charge in [0.2, 0.25) is 0 Å². The van der Waals surface area contributed by atoms with Gasteiger partial charge in [-0.15, -0.1) is 0 Å². The molecule has 2 rings (SSSR count). The molecule has 1 aliphatic heterocycles. The van der Waals surface area contributed by atoms with Crippen molar-refractivity contribution in [2.45, 2.75) is 32.0 Å². The molecular formula is C15H18F4N2O. The maximum atomic E-state index is 13.5. The highest BCUT2D eigenvalue weighted by atomic mass is 19.4. The van der Waals surface area contributed by atoms with Gasteiger partial charge in [0.15, 0.2) is 0 Å². The Bertz CT molecular complexity index is 539. The van der Waals surface area contributed by atoms with Crippen LogP contribution in [0.4, 0.5) is 17.6 Å². The summed E-state index contributed by atoms with van der Waals surface area (Å²) in [6, 6.07) is 1.92. The average Bonchev–Trinajstić information content (AvgIpc) is 2.96. The summed E-state index contributed by atoms with van der Waals surface area (Å²) in [6.07, 6.45) is -3.25. The summed E-state index contributed by atoms with van der Waals surface area (Å²) in [7, 11) is 0. The van der Waals surface area contributed by atoms with E-state index in [0.717, 1.165) is 25.1 Å². The van der Waals surface area contributed by atoms with Gasteiger partial charge in [-0.25, -0.2) is 4.39 Å². The number of halogens is 4. The number of benzene rings is 1. The minimum atomic E-state index is -4.68. The molecule has 0 aliphatic carbocycles. The molecule has 1 saturated heterocycles. The Labute approximate surface area is 126 Å². The van der Waals surface area contributed by atoms with E-state index in [0.29, 0.717) is 25.6 Å². The van der Waals surface area contributed by atoms with Crippen molar-refractivity contribution >= 4 is 5.91 Å². The topological polar surface area (TPSA) is 32.3 Å². The van der Waals surface area contributed by atoms with Crippen LogP contribution in [0.2, 0.25) is 0 Å². The Morgan fingerprint density at radius 1 is 1.36 bits per heavy atom. The average molecular weight is 318 g/mol. The second kappa shape index (κ2) is 6.64. The summed E-state index contributed by atoms with van der Waals surface area (Å²) in [4.78, 5) is 14.1. The van der Waals surface area contributed by atoms with Crippen LogP contribution >= 0.6 is 0 Å². The number of hydrogen-bond donors (Lipinski definition) is 1. The van der Waals surface area contributed by atoms with Crippen molar-refractivity contribution in [1.29, 1.82) is 0 Å². The van der Waals surface area contributed by atoms with Gasteiger partial charge in [0, 0.05) is 24.7 Å². The third-order valence-electron chi connectivity index (χ3n) is 3.67. The van der Waals surface area contributed by atoms with E-state index in [1.54, 1.807) is 0 Å². The molecule has 1 atom stereocenters. The van der Waals surface area contributed by atoms with Gasteiger partial charge in [-0.1, -0.05) is 6.92 Å². The summed E-state index contributed by atoms with van der Waals surface area (Å²) in [5, 5.41) is 3.12. The molecule has 0 aromatic heterocycles. The molecule has 1 aromatic rings. The SMILES string of the molecule is CCCN(C(=O)c1cc(F)cc(C(F)(F)F)c1)C1CCNC1. The maximum Gasteiger partial charge on any atom is 0.416 e. The van der Waals surface area contributed by atoms with Gasteiger partial charge in [0.1, 0.15) is 5.82 Å². The van der Waals surface area contributed by atoms with Gasteiger partial charge in [0.25, 0.3) is 5.91 Å². The molecule has 0 spiro atoms. The van der Waals surface area contributed by atoms with E-state index in [4.69, 9.17) is 0 Å². The van der Waals surface area contributed by atoms with Crippen molar-refractivity contribution in [2.24, 2.45) is 0 Å². The van der Waals surface area contributed by atoms with E-state index in [1.165, 1.54) is 4.90 Å². The van der Waals surface area contributed by atoms with E-state index >= 15 is 0 Å². The zero-order valence-electron chi connectivity index (χ0n) is 12.2. The molecule has 22 heavy (non-hydrogen) atoms. The first-order chi connectivity index (χ1) is 10.3. The van der Waals surface area contributed by atoms with Crippen LogP contribution < -0.4 is 5.32 Å². The van der Waals surface area contributed by atoms with Crippen molar-refractivity contribution < 1.29 is 22.4 Å². The van der Waals surface area contributed by atoms with Crippen LogP contribution in [-0.4, -0.2) is 36.5 Å². The van der Waals surface area contributed by atoms with Crippen LogP contribution in [0.3, 0.4) is 0 Å². The van der Waals surface area contributed by atoms with Crippen molar-refractivity contribution in [3.05, 3.63) is 35.1 Å². The maximum absolute atomic E-state index is 13.5. The van der Waals surface area contributed by atoms with Crippen molar-refractivity contribution in [3.63, 3.8) is 0 Å². The predicted molar refractivity (Wildman–Crippen MR) is 74.0 cm³/mol. The standard InChI is InChI=1S/C15H18F4N2O/c1-2-5-21(13-3-4-20-9-13)14(22)10-6-11(15(17,18)19)8-12(16)7-10/h6-8,13,20H,2-5,9H2,1H3. The Morgan fingerprint density at radius 3 is 2.64 bits per heavy atom. The molecule has 1 fully saturated rings. The van der Waals surface area contributed by atoms with Gasteiger partial charge >= 0.3 is 6.18 Å². The van der Waals surface area contributed by atoms with Gasteiger partial charge in [-0.3, -0.25) is 4.79 Å². The number of rotatable bonds is 4. The molecule has 1 unspecified atom stereocenters. The molecule has 0 saturated carbocycles. The number of alkyl halides is 3. The molecular weight excluding hydrogens is 300 g/mol. The van der Waals surface area contributed by atoms with E-state index in [9.17, 15) is 22.4 Å². The van der Waals surface area contributed by atoms with Crippen LogP contribution in [0.25, 0.3) is 0 Å². The lowest BCUT2D eigenvalue weighted by Crippen LogP contribution is -2.42. The highest BCUT2D eigenvalue weighted by molar-refractivity contribution is 5.94. The third kappa shape index (κ3) is 3.76. The largest absolute Gasteiger partial charge is 0.416 e. The van der Waals surface area contributed by atoms with E-state index in [-0.39, 0.29) is 11.6 Å². The molecule has 0 bridgehead atoms. The summed E-state index contributed by atoms with van der Waals surface area (Å²) < 4.78 is 51.7. The fraction of sp³-hybridized carbons (Fsp3) is 0.533. The Kier molecular flexibility index (Phi) is 5.05. The summed E-state index contributed by atoms with van der Waals surface area (Å²) >= 11 is 0. The van der Waals surface area contributed by atoms with Crippen molar-refractivity contribution in [1.82, 2.24) is 10.2 Å². The van der Waals surface area contributed by atoms with Gasteiger partial charge in [-0.2, -0.15) is 13.2 Å². The third-order valence-corrected chi connectivity index (χ3v) is 3.67. The number of nitrogens with zero attached hydrogens (tertiary/aromatic N) is 1. The molecule has 7 heteroatoms. The lowest BCUT2D eigenvalue weighted by molar-refractivity contribution is -0.137. The highest BCUT2D eigenvalue weighted by Gasteiger charge is 2.33. The monoisotopic (exact) mass is 318 g/mol.